The quantitative estimate of drug-likeness (QED) is 0.548. The highest BCUT2D eigenvalue weighted by molar-refractivity contribution is 5.77. The smallest absolute Gasteiger partial charge is 0.311 e. The Labute approximate surface area is 186 Å². The van der Waals surface area contributed by atoms with Crippen molar-refractivity contribution in [2.24, 2.45) is 23.7 Å². The van der Waals surface area contributed by atoms with Gasteiger partial charge in [-0.3, -0.25) is 14.6 Å². The molecule has 2 saturated carbocycles. The zero-order valence-electron chi connectivity index (χ0n) is 19.0. The monoisotopic (exact) mass is 424 g/mol. The Morgan fingerprint density at radius 2 is 1.74 bits per heavy atom. The molecular weight excluding hydrogens is 388 g/mol. The molecule has 3 aliphatic heterocycles. The van der Waals surface area contributed by atoms with E-state index in [1.54, 1.807) is 0 Å². The summed E-state index contributed by atoms with van der Waals surface area (Å²) in [6.07, 6.45) is 4.72. The van der Waals surface area contributed by atoms with E-state index in [1.165, 1.54) is 12.0 Å². The van der Waals surface area contributed by atoms with Crippen LogP contribution in [0.25, 0.3) is 0 Å². The summed E-state index contributed by atoms with van der Waals surface area (Å²) in [6, 6.07) is 10.7. The molecule has 1 aromatic carbocycles. The van der Waals surface area contributed by atoms with Gasteiger partial charge >= 0.3 is 5.97 Å². The predicted molar refractivity (Wildman–Crippen MR) is 118 cm³/mol. The van der Waals surface area contributed by atoms with Gasteiger partial charge in [-0.25, -0.2) is 0 Å². The molecule has 7 atom stereocenters. The first-order chi connectivity index (χ1) is 15.0. The number of esters is 1. The highest BCUT2D eigenvalue weighted by Crippen LogP contribution is 2.66. The fourth-order valence-electron chi connectivity index (χ4n) is 7.51. The summed E-state index contributed by atoms with van der Waals surface area (Å²) in [5, 5.41) is 0. The van der Waals surface area contributed by atoms with Crippen molar-refractivity contribution in [2.45, 2.75) is 63.4 Å². The topological polar surface area (TPSA) is 45.3 Å². The van der Waals surface area contributed by atoms with E-state index in [-0.39, 0.29) is 29.2 Å². The van der Waals surface area contributed by atoms with Crippen molar-refractivity contribution in [3.63, 3.8) is 0 Å². The first kappa shape index (κ1) is 20.2. The van der Waals surface area contributed by atoms with Crippen LogP contribution in [-0.2, 0) is 20.8 Å². The Kier molecular flexibility index (Phi) is 4.75. The molecule has 1 spiro atoms. The van der Waals surface area contributed by atoms with E-state index in [0.29, 0.717) is 17.8 Å². The second-order valence-electron chi connectivity index (χ2n) is 11.1. The fraction of sp³-hybridized carbons (Fsp3) is 0.731. The average Bonchev–Trinajstić information content (AvgIpc) is 3.40. The van der Waals surface area contributed by atoms with E-state index in [9.17, 15) is 4.79 Å². The standard InChI is InChI=1S/C26H36N2O3/c1-18-8-9-22-20(23(29)30-26(22)21(18)10-11-25(2)24(26)31-25)17-28-14-12-27(13-15-28)16-19-6-4-3-5-7-19/h3-7,18,20-22,24H,8-17H2,1-2H3. The Morgan fingerprint density at radius 3 is 2.52 bits per heavy atom. The number of hydrogen-bond acceptors (Lipinski definition) is 5. The molecule has 0 aromatic heterocycles. The molecule has 1 aromatic rings. The lowest BCUT2D eigenvalue weighted by atomic mass is 9.55. The van der Waals surface area contributed by atoms with Crippen LogP contribution in [0, 0.1) is 23.7 Å². The number of carbonyl (C=O) groups is 1. The first-order valence-electron chi connectivity index (χ1n) is 12.4. The summed E-state index contributed by atoms with van der Waals surface area (Å²) in [5.74, 6) is 1.50. The third-order valence-electron chi connectivity index (χ3n) is 9.26. The number of nitrogens with zero attached hydrogens (tertiary/aromatic N) is 2. The Morgan fingerprint density at radius 1 is 1.00 bits per heavy atom. The maximum atomic E-state index is 13.2. The third kappa shape index (κ3) is 3.19. The van der Waals surface area contributed by atoms with Gasteiger partial charge in [0.25, 0.3) is 0 Å². The minimum Gasteiger partial charge on any atom is -0.455 e. The molecule has 0 bridgehead atoms. The molecule has 7 unspecified atom stereocenters. The Bertz CT molecular complexity index is 838. The summed E-state index contributed by atoms with van der Waals surface area (Å²) in [7, 11) is 0. The predicted octanol–water partition coefficient (Wildman–Crippen LogP) is 3.33. The van der Waals surface area contributed by atoms with Gasteiger partial charge in [0.05, 0.1) is 11.5 Å². The molecule has 31 heavy (non-hydrogen) atoms. The van der Waals surface area contributed by atoms with Crippen molar-refractivity contribution < 1.29 is 14.3 Å². The van der Waals surface area contributed by atoms with E-state index in [4.69, 9.17) is 9.47 Å². The van der Waals surface area contributed by atoms with Crippen LogP contribution in [0.4, 0.5) is 0 Å². The van der Waals surface area contributed by atoms with Crippen molar-refractivity contribution in [1.82, 2.24) is 9.80 Å². The number of piperazine rings is 1. The summed E-state index contributed by atoms with van der Waals surface area (Å²) in [4.78, 5) is 18.3. The van der Waals surface area contributed by atoms with Gasteiger partial charge < -0.3 is 9.47 Å². The van der Waals surface area contributed by atoms with Crippen LogP contribution in [-0.4, -0.2) is 65.8 Å². The van der Waals surface area contributed by atoms with Crippen molar-refractivity contribution in [1.29, 1.82) is 0 Å². The van der Waals surface area contributed by atoms with Gasteiger partial charge in [0.1, 0.15) is 11.7 Å². The van der Waals surface area contributed by atoms with Gasteiger partial charge in [0.2, 0.25) is 0 Å². The summed E-state index contributed by atoms with van der Waals surface area (Å²) >= 11 is 0. The van der Waals surface area contributed by atoms with Gasteiger partial charge in [-0.1, -0.05) is 37.3 Å². The van der Waals surface area contributed by atoms with Gasteiger partial charge in [-0.15, -0.1) is 0 Å². The molecule has 2 aliphatic carbocycles. The maximum absolute atomic E-state index is 13.2. The lowest BCUT2D eigenvalue weighted by Crippen LogP contribution is -2.58. The highest BCUT2D eigenvalue weighted by Gasteiger charge is 2.77. The highest BCUT2D eigenvalue weighted by atomic mass is 16.7. The molecule has 6 rings (SSSR count). The fourth-order valence-corrected chi connectivity index (χ4v) is 7.51. The number of carbonyl (C=O) groups excluding carboxylic acids is 1. The number of hydrogen-bond donors (Lipinski definition) is 0. The van der Waals surface area contributed by atoms with E-state index in [2.05, 4.69) is 54.0 Å². The van der Waals surface area contributed by atoms with Gasteiger partial charge in [0.15, 0.2) is 0 Å². The SMILES string of the molecule is CC1CCC2C(CN3CCN(Cc4ccccc4)CC3)C(=O)OC23C1CCC1(C)OC13. The zero-order chi connectivity index (χ0) is 21.2. The second-order valence-corrected chi connectivity index (χ2v) is 11.1. The van der Waals surface area contributed by atoms with Crippen molar-refractivity contribution in [3.05, 3.63) is 35.9 Å². The van der Waals surface area contributed by atoms with Crippen LogP contribution in [0.15, 0.2) is 30.3 Å². The minimum absolute atomic E-state index is 0.0159. The van der Waals surface area contributed by atoms with Crippen LogP contribution >= 0.6 is 0 Å². The number of epoxide rings is 1. The number of rotatable bonds is 4. The van der Waals surface area contributed by atoms with Crippen molar-refractivity contribution in [2.75, 3.05) is 32.7 Å². The Balaban J connectivity index is 1.13. The molecule has 3 heterocycles. The molecule has 0 amide bonds. The normalized spacial score (nSPS) is 44.8. The van der Waals surface area contributed by atoms with E-state index >= 15 is 0 Å². The molecule has 0 radical (unpaired) electrons. The molecule has 5 heteroatoms. The van der Waals surface area contributed by atoms with Crippen LogP contribution < -0.4 is 0 Å². The molecular formula is C26H36N2O3. The summed E-state index contributed by atoms with van der Waals surface area (Å²) in [5.41, 5.74) is 0.982. The molecule has 5 nitrogen and oxygen atoms in total. The van der Waals surface area contributed by atoms with Crippen molar-refractivity contribution in [3.8, 4) is 0 Å². The molecule has 5 fully saturated rings. The molecule has 0 N–H and O–H groups in total. The second kappa shape index (κ2) is 7.29. The molecule has 5 aliphatic rings. The average molecular weight is 425 g/mol. The van der Waals surface area contributed by atoms with Crippen LogP contribution in [0.3, 0.4) is 0 Å². The first-order valence-corrected chi connectivity index (χ1v) is 12.4. The lowest BCUT2D eigenvalue weighted by Gasteiger charge is -2.50. The van der Waals surface area contributed by atoms with Crippen LogP contribution in [0.2, 0.25) is 0 Å². The zero-order valence-corrected chi connectivity index (χ0v) is 19.0. The van der Waals surface area contributed by atoms with Crippen LogP contribution in [0.5, 0.6) is 0 Å². The minimum atomic E-state index is -0.346. The van der Waals surface area contributed by atoms with E-state index in [1.807, 2.05) is 0 Å². The number of fused-ring (bicyclic) bond motifs is 1. The molecule has 3 saturated heterocycles. The summed E-state index contributed by atoms with van der Waals surface area (Å²) in [6.45, 7) is 10.7. The number of ether oxygens (including phenoxy) is 2. The largest absolute Gasteiger partial charge is 0.455 e. The van der Waals surface area contributed by atoms with Gasteiger partial charge in [-0.05, 0) is 44.1 Å². The van der Waals surface area contributed by atoms with Crippen molar-refractivity contribution >= 4 is 5.97 Å². The van der Waals surface area contributed by atoms with E-state index in [0.717, 1.165) is 58.5 Å². The Hall–Kier alpha value is -1.43. The van der Waals surface area contributed by atoms with E-state index < -0.39 is 0 Å². The molecule has 168 valence electrons. The number of benzene rings is 1. The van der Waals surface area contributed by atoms with Crippen LogP contribution in [0.1, 0.15) is 45.1 Å². The third-order valence-corrected chi connectivity index (χ3v) is 9.26. The maximum Gasteiger partial charge on any atom is 0.311 e. The lowest BCUT2D eigenvalue weighted by molar-refractivity contribution is -0.168. The van der Waals surface area contributed by atoms with Gasteiger partial charge in [-0.2, -0.15) is 0 Å². The summed E-state index contributed by atoms with van der Waals surface area (Å²) < 4.78 is 12.6. The van der Waals surface area contributed by atoms with Gasteiger partial charge in [0, 0.05) is 51.1 Å².